The number of rotatable bonds is 3. The molecule has 0 N–H and O–H groups in total. The molecule has 0 bridgehead atoms. The number of benzene rings is 2. The summed E-state index contributed by atoms with van der Waals surface area (Å²) in [6, 6.07) is 12.6. The van der Waals surface area contributed by atoms with Gasteiger partial charge in [-0.05, 0) is 43.5 Å². The summed E-state index contributed by atoms with van der Waals surface area (Å²) in [6.07, 6.45) is 1.30. The van der Waals surface area contributed by atoms with Crippen LogP contribution in [-0.2, 0) is 18.2 Å². The number of fused-ring (bicyclic) bond motifs is 2. The normalized spacial score (nSPS) is 16.2. The summed E-state index contributed by atoms with van der Waals surface area (Å²) in [6.45, 7) is 1.79. The number of anilines is 2. The van der Waals surface area contributed by atoms with E-state index in [4.69, 9.17) is 4.74 Å². The van der Waals surface area contributed by atoms with Crippen molar-refractivity contribution in [3.05, 3.63) is 74.1 Å². The van der Waals surface area contributed by atoms with Crippen molar-refractivity contribution >= 4 is 28.0 Å². The topological polar surface area (TPSA) is 77.6 Å². The van der Waals surface area contributed by atoms with Gasteiger partial charge in [0.1, 0.15) is 6.23 Å². The highest BCUT2D eigenvalue weighted by Gasteiger charge is 2.30. The predicted octanol–water partition coefficient (Wildman–Crippen LogP) is 3.81. The Morgan fingerprint density at radius 2 is 1.96 bits per heavy atom. The average molecular weight is 379 g/mol. The summed E-state index contributed by atoms with van der Waals surface area (Å²) in [4.78, 5) is 25.3. The molecule has 0 saturated carbocycles. The van der Waals surface area contributed by atoms with Gasteiger partial charge in [-0.15, -0.1) is 0 Å². The highest BCUT2D eigenvalue weighted by molar-refractivity contribution is 5.95. The highest BCUT2D eigenvalue weighted by Crippen LogP contribution is 2.41. The number of aryl methyl sites for hydroxylation is 3. The monoisotopic (exact) mass is 379 g/mol. The number of nitro groups is 1. The number of nitrogens with zero attached hydrogens (tertiary/aromatic N) is 3. The molecule has 0 radical (unpaired) electrons. The third-order valence-corrected chi connectivity index (χ3v) is 5.44. The Morgan fingerprint density at radius 3 is 2.68 bits per heavy atom. The van der Waals surface area contributed by atoms with Gasteiger partial charge in [-0.2, -0.15) is 0 Å². The molecule has 1 unspecified atom stereocenters. The maximum absolute atomic E-state index is 12.4. The average Bonchev–Trinajstić information content (AvgIpc) is 2.70. The minimum atomic E-state index is -0.383. The van der Waals surface area contributed by atoms with Crippen LogP contribution < -0.4 is 10.5 Å². The largest absolute Gasteiger partial charge is 0.361 e. The van der Waals surface area contributed by atoms with Gasteiger partial charge in [0.25, 0.3) is 11.2 Å². The minimum Gasteiger partial charge on any atom is -0.361 e. The molecule has 0 spiro atoms. The fraction of sp³-hybridized carbons (Fsp3) is 0.286. The molecule has 2 heterocycles. The van der Waals surface area contributed by atoms with Crippen LogP contribution in [0, 0.1) is 17.0 Å². The molecule has 0 amide bonds. The van der Waals surface area contributed by atoms with Gasteiger partial charge >= 0.3 is 0 Å². The summed E-state index contributed by atoms with van der Waals surface area (Å²) in [5.74, 6) is 0. The molecule has 28 heavy (non-hydrogen) atoms. The first kappa shape index (κ1) is 18.2. The van der Waals surface area contributed by atoms with E-state index in [0.717, 1.165) is 40.7 Å². The molecule has 7 nitrogen and oxygen atoms in total. The van der Waals surface area contributed by atoms with Crippen LogP contribution in [0.3, 0.4) is 0 Å². The van der Waals surface area contributed by atoms with Crippen LogP contribution >= 0.6 is 0 Å². The van der Waals surface area contributed by atoms with E-state index in [9.17, 15) is 14.9 Å². The molecule has 1 aliphatic rings. The predicted molar refractivity (Wildman–Crippen MR) is 108 cm³/mol. The quantitative estimate of drug-likeness (QED) is 0.511. The Kier molecular flexibility index (Phi) is 4.39. The Labute approximate surface area is 161 Å². The molecule has 4 rings (SSSR count). The van der Waals surface area contributed by atoms with Crippen LogP contribution in [0.15, 0.2) is 47.3 Å². The van der Waals surface area contributed by atoms with E-state index in [0.29, 0.717) is 5.56 Å². The molecule has 3 aromatic rings. The van der Waals surface area contributed by atoms with Crippen molar-refractivity contribution in [3.63, 3.8) is 0 Å². The molecular formula is C21H21N3O4. The molecule has 1 atom stereocenters. The van der Waals surface area contributed by atoms with Gasteiger partial charge in [0.15, 0.2) is 0 Å². The lowest BCUT2D eigenvalue weighted by Crippen LogP contribution is -2.37. The number of non-ortho nitro benzene ring substituents is 1. The van der Waals surface area contributed by atoms with E-state index in [2.05, 4.69) is 0 Å². The maximum atomic E-state index is 12.4. The summed E-state index contributed by atoms with van der Waals surface area (Å²) in [7, 11) is 3.40. The SMILES string of the molecule is COC1CCc2ccc([N+](=O)[O-])cc2N1c1cccc2c1cc(C)c(=O)n2C. The Balaban J connectivity index is 2.02. The molecule has 1 aliphatic heterocycles. The Hall–Kier alpha value is -3.19. The zero-order valence-electron chi connectivity index (χ0n) is 16.0. The zero-order chi connectivity index (χ0) is 20.0. The van der Waals surface area contributed by atoms with Crippen LogP contribution in [0.25, 0.3) is 10.9 Å². The zero-order valence-corrected chi connectivity index (χ0v) is 16.0. The molecular weight excluding hydrogens is 358 g/mol. The molecule has 144 valence electrons. The van der Waals surface area contributed by atoms with Gasteiger partial charge in [-0.3, -0.25) is 14.9 Å². The summed E-state index contributed by atoms with van der Waals surface area (Å²) < 4.78 is 7.37. The second-order valence-electron chi connectivity index (χ2n) is 7.07. The lowest BCUT2D eigenvalue weighted by Gasteiger charge is -2.38. The number of aromatic nitrogens is 1. The number of ether oxygens (including phenoxy) is 1. The van der Waals surface area contributed by atoms with Crippen molar-refractivity contribution in [1.82, 2.24) is 4.57 Å². The fourth-order valence-electron chi connectivity index (χ4n) is 4.02. The first-order valence-corrected chi connectivity index (χ1v) is 9.11. The van der Waals surface area contributed by atoms with Crippen LogP contribution in [0.4, 0.5) is 17.1 Å². The van der Waals surface area contributed by atoms with E-state index in [1.165, 1.54) is 0 Å². The van der Waals surface area contributed by atoms with Crippen LogP contribution in [-0.4, -0.2) is 22.8 Å². The fourth-order valence-corrected chi connectivity index (χ4v) is 4.02. The molecule has 7 heteroatoms. The number of hydrogen-bond donors (Lipinski definition) is 0. The molecule has 1 aromatic heterocycles. The number of nitro benzene ring substituents is 1. The first-order valence-electron chi connectivity index (χ1n) is 9.11. The summed E-state index contributed by atoms with van der Waals surface area (Å²) in [5, 5.41) is 12.2. The van der Waals surface area contributed by atoms with E-state index in [1.807, 2.05) is 35.2 Å². The van der Waals surface area contributed by atoms with Gasteiger partial charge < -0.3 is 14.2 Å². The van der Waals surface area contributed by atoms with E-state index in [-0.39, 0.29) is 22.4 Å². The van der Waals surface area contributed by atoms with E-state index in [1.54, 1.807) is 37.8 Å². The van der Waals surface area contributed by atoms with Crippen LogP contribution in [0.5, 0.6) is 0 Å². The summed E-state index contributed by atoms with van der Waals surface area (Å²) in [5.41, 5.74) is 4.13. The van der Waals surface area contributed by atoms with Crippen molar-refractivity contribution in [2.24, 2.45) is 7.05 Å². The summed E-state index contributed by atoms with van der Waals surface area (Å²) >= 11 is 0. The number of hydrogen-bond acceptors (Lipinski definition) is 5. The Morgan fingerprint density at radius 1 is 1.18 bits per heavy atom. The minimum absolute atomic E-state index is 0.0392. The van der Waals surface area contributed by atoms with E-state index < -0.39 is 0 Å². The number of methoxy groups -OCH3 is 1. The van der Waals surface area contributed by atoms with Gasteiger partial charge in [0, 0.05) is 37.2 Å². The van der Waals surface area contributed by atoms with Crippen molar-refractivity contribution in [3.8, 4) is 0 Å². The second kappa shape index (κ2) is 6.76. The lowest BCUT2D eigenvalue weighted by molar-refractivity contribution is -0.384. The maximum Gasteiger partial charge on any atom is 0.271 e. The van der Waals surface area contributed by atoms with Crippen LogP contribution in [0.2, 0.25) is 0 Å². The van der Waals surface area contributed by atoms with Gasteiger partial charge in [0.2, 0.25) is 0 Å². The van der Waals surface area contributed by atoms with Crippen molar-refractivity contribution in [2.75, 3.05) is 12.0 Å². The third kappa shape index (κ3) is 2.75. The van der Waals surface area contributed by atoms with Crippen molar-refractivity contribution in [2.45, 2.75) is 26.0 Å². The Bertz CT molecular complexity index is 1150. The first-order chi connectivity index (χ1) is 13.4. The van der Waals surface area contributed by atoms with E-state index >= 15 is 0 Å². The second-order valence-corrected chi connectivity index (χ2v) is 7.07. The number of pyridine rings is 1. The smallest absolute Gasteiger partial charge is 0.271 e. The molecule has 0 fully saturated rings. The van der Waals surface area contributed by atoms with Crippen molar-refractivity contribution in [1.29, 1.82) is 0 Å². The molecule has 0 saturated heterocycles. The molecule has 2 aromatic carbocycles. The highest BCUT2D eigenvalue weighted by atomic mass is 16.6. The molecule has 0 aliphatic carbocycles. The van der Waals surface area contributed by atoms with Gasteiger partial charge in [-0.25, -0.2) is 0 Å². The third-order valence-electron chi connectivity index (χ3n) is 5.44. The van der Waals surface area contributed by atoms with Crippen molar-refractivity contribution < 1.29 is 9.66 Å². The van der Waals surface area contributed by atoms with Gasteiger partial charge in [0.05, 0.1) is 21.8 Å². The standard InChI is InChI=1S/C21H21N3O4/c1-13-11-16-17(22(2)21(13)25)5-4-6-18(16)23-19-12-15(24(26)27)9-7-14(19)8-10-20(23)28-3/h4-7,9,11-12,20H,8,10H2,1-3H3. The lowest BCUT2D eigenvalue weighted by atomic mass is 9.98. The van der Waals surface area contributed by atoms with Crippen LogP contribution in [0.1, 0.15) is 17.5 Å². The van der Waals surface area contributed by atoms with Gasteiger partial charge in [-0.1, -0.05) is 12.1 Å².